The van der Waals surface area contributed by atoms with Crippen molar-refractivity contribution in [2.45, 2.75) is 0 Å². The van der Waals surface area contributed by atoms with Crippen molar-refractivity contribution in [2.75, 3.05) is 0 Å². The van der Waals surface area contributed by atoms with Gasteiger partial charge in [-0.05, 0) is 63.7 Å². The first-order chi connectivity index (χ1) is 27.2. The van der Waals surface area contributed by atoms with Crippen molar-refractivity contribution in [3.05, 3.63) is 206 Å². The van der Waals surface area contributed by atoms with E-state index in [9.17, 15) is 0 Å². The zero-order valence-corrected chi connectivity index (χ0v) is 29.9. The Morgan fingerprint density at radius 3 is 1.02 bits per heavy atom. The first-order valence-corrected chi connectivity index (χ1v) is 18.5. The molecule has 0 aliphatic carbocycles. The summed E-state index contributed by atoms with van der Waals surface area (Å²) in [6.07, 6.45) is 0. The Kier molecular flexibility index (Phi) is 8.12. The van der Waals surface area contributed by atoms with Gasteiger partial charge in [0.2, 0.25) is 0 Å². The van der Waals surface area contributed by atoms with Crippen LogP contribution in [0.3, 0.4) is 0 Å². The van der Waals surface area contributed by atoms with E-state index in [-0.39, 0.29) is 0 Å². The van der Waals surface area contributed by atoms with Gasteiger partial charge >= 0.3 is 0 Å². The molecule has 4 nitrogen and oxygen atoms in total. The Hall–Kier alpha value is -7.43. The molecule has 10 aromatic rings. The molecule has 0 fully saturated rings. The SMILES string of the molecule is c1ccc(-c2ccc(-c3nc(-c4ccccc4)nc(-c4ccc(-c5cc(-c6ccccc6)cc(-n6c7ccccc7c7ccccc76)c5)cc4)n3)cc2)cc1. The van der Waals surface area contributed by atoms with Gasteiger partial charge in [0.25, 0.3) is 0 Å². The molecule has 0 N–H and O–H groups in total. The van der Waals surface area contributed by atoms with E-state index in [2.05, 4.69) is 174 Å². The monoisotopic (exact) mass is 702 g/mol. The number of aromatic nitrogens is 4. The van der Waals surface area contributed by atoms with E-state index < -0.39 is 0 Å². The quantitative estimate of drug-likeness (QED) is 0.166. The number of fused-ring (bicyclic) bond motifs is 3. The van der Waals surface area contributed by atoms with E-state index in [4.69, 9.17) is 15.0 Å². The van der Waals surface area contributed by atoms with Crippen molar-refractivity contribution in [1.29, 1.82) is 0 Å². The zero-order chi connectivity index (χ0) is 36.6. The summed E-state index contributed by atoms with van der Waals surface area (Å²) in [4.78, 5) is 15.0. The molecule has 0 unspecified atom stereocenters. The maximum atomic E-state index is 5.04. The van der Waals surface area contributed by atoms with Crippen LogP contribution in [0.25, 0.3) is 95.0 Å². The molecule has 0 bridgehead atoms. The molecule has 0 radical (unpaired) electrons. The number of hydrogen-bond acceptors (Lipinski definition) is 3. The van der Waals surface area contributed by atoms with Crippen LogP contribution in [0.1, 0.15) is 0 Å². The smallest absolute Gasteiger partial charge is 0.164 e. The Bertz CT molecular complexity index is 2880. The van der Waals surface area contributed by atoms with Gasteiger partial charge in [0, 0.05) is 33.2 Å². The molecule has 0 spiro atoms. The predicted molar refractivity (Wildman–Crippen MR) is 227 cm³/mol. The first kappa shape index (κ1) is 32.2. The molecule has 0 aliphatic rings. The minimum absolute atomic E-state index is 0.631. The molecule has 0 atom stereocenters. The third kappa shape index (κ3) is 6.16. The van der Waals surface area contributed by atoms with Gasteiger partial charge in [-0.25, -0.2) is 15.0 Å². The van der Waals surface area contributed by atoms with Crippen molar-refractivity contribution in [3.63, 3.8) is 0 Å². The van der Waals surface area contributed by atoms with E-state index in [0.717, 1.165) is 44.6 Å². The fraction of sp³-hybridized carbons (Fsp3) is 0. The molecule has 4 heteroatoms. The second-order valence-electron chi connectivity index (χ2n) is 13.7. The lowest BCUT2D eigenvalue weighted by Crippen LogP contribution is -2.00. The van der Waals surface area contributed by atoms with Gasteiger partial charge in [-0.3, -0.25) is 0 Å². The molecule has 2 aromatic heterocycles. The van der Waals surface area contributed by atoms with Crippen molar-refractivity contribution in [1.82, 2.24) is 19.5 Å². The van der Waals surface area contributed by atoms with Gasteiger partial charge in [0.1, 0.15) is 0 Å². The highest BCUT2D eigenvalue weighted by Gasteiger charge is 2.16. The van der Waals surface area contributed by atoms with E-state index in [1.807, 2.05) is 36.4 Å². The molecule has 8 aromatic carbocycles. The third-order valence-electron chi connectivity index (χ3n) is 10.3. The fourth-order valence-electron chi connectivity index (χ4n) is 7.51. The minimum atomic E-state index is 0.631. The second kappa shape index (κ2) is 13.8. The lowest BCUT2D eigenvalue weighted by molar-refractivity contribution is 1.07. The highest BCUT2D eigenvalue weighted by Crippen LogP contribution is 2.37. The zero-order valence-electron chi connectivity index (χ0n) is 29.9. The van der Waals surface area contributed by atoms with Crippen LogP contribution in [0, 0.1) is 0 Å². The van der Waals surface area contributed by atoms with Crippen molar-refractivity contribution in [3.8, 4) is 73.2 Å². The molecule has 0 saturated carbocycles. The molecule has 55 heavy (non-hydrogen) atoms. The van der Waals surface area contributed by atoms with E-state index in [1.165, 1.54) is 32.9 Å². The lowest BCUT2D eigenvalue weighted by Gasteiger charge is -2.14. The maximum absolute atomic E-state index is 5.04. The number of nitrogens with zero attached hydrogens (tertiary/aromatic N) is 4. The first-order valence-electron chi connectivity index (χ1n) is 18.5. The standard InChI is InChI=1S/C51H34N4/c1-4-14-35(15-5-1)37-24-28-40(29-25-37)50-52-49(39-18-8-3-9-19-39)53-51(54-50)41-30-26-38(27-31-41)43-32-42(36-16-6-2-7-17-36)33-44(34-43)55-47-22-12-10-20-45(47)46-21-11-13-23-48(46)55/h1-34H. The fourth-order valence-corrected chi connectivity index (χ4v) is 7.51. The molecular formula is C51H34N4. The van der Waals surface area contributed by atoms with Crippen LogP contribution < -0.4 is 0 Å². The molecule has 2 heterocycles. The highest BCUT2D eigenvalue weighted by molar-refractivity contribution is 6.09. The van der Waals surface area contributed by atoms with Gasteiger partial charge in [-0.15, -0.1) is 0 Å². The topological polar surface area (TPSA) is 43.6 Å². The number of hydrogen-bond donors (Lipinski definition) is 0. The minimum Gasteiger partial charge on any atom is -0.309 e. The summed E-state index contributed by atoms with van der Waals surface area (Å²) in [5.41, 5.74) is 13.2. The van der Waals surface area contributed by atoms with Crippen LogP contribution >= 0.6 is 0 Å². The Balaban J connectivity index is 1.07. The summed E-state index contributed by atoms with van der Waals surface area (Å²) >= 11 is 0. The van der Waals surface area contributed by atoms with Crippen molar-refractivity contribution in [2.24, 2.45) is 0 Å². The van der Waals surface area contributed by atoms with Crippen molar-refractivity contribution >= 4 is 21.8 Å². The summed E-state index contributed by atoms with van der Waals surface area (Å²) in [6.45, 7) is 0. The Morgan fingerprint density at radius 2 is 0.564 bits per heavy atom. The average molecular weight is 703 g/mol. The Morgan fingerprint density at radius 1 is 0.255 bits per heavy atom. The largest absolute Gasteiger partial charge is 0.309 e. The summed E-state index contributed by atoms with van der Waals surface area (Å²) < 4.78 is 2.39. The van der Waals surface area contributed by atoms with Gasteiger partial charge in [-0.1, -0.05) is 176 Å². The van der Waals surface area contributed by atoms with Crippen molar-refractivity contribution < 1.29 is 0 Å². The summed E-state index contributed by atoms with van der Waals surface area (Å²) in [5.74, 6) is 1.91. The molecule has 0 amide bonds. The van der Waals surface area contributed by atoms with Gasteiger partial charge in [0.15, 0.2) is 17.5 Å². The lowest BCUT2D eigenvalue weighted by atomic mass is 9.97. The number of para-hydroxylation sites is 2. The Labute approximate surface area is 319 Å². The van der Waals surface area contributed by atoms with E-state index in [1.54, 1.807) is 0 Å². The van der Waals surface area contributed by atoms with Crippen LogP contribution in [-0.2, 0) is 0 Å². The predicted octanol–water partition coefficient (Wildman–Crippen LogP) is 13.0. The highest BCUT2D eigenvalue weighted by atomic mass is 15.0. The molecule has 0 saturated heterocycles. The maximum Gasteiger partial charge on any atom is 0.164 e. The summed E-state index contributed by atoms with van der Waals surface area (Å²) in [6, 6.07) is 72.4. The third-order valence-corrected chi connectivity index (χ3v) is 10.3. The van der Waals surface area contributed by atoms with Gasteiger partial charge < -0.3 is 4.57 Å². The van der Waals surface area contributed by atoms with Crippen LogP contribution in [0.5, 0.6) is 0 Å². The van der Waals surface area contributed by atoms with Crippen LogP contribution in [-0.4, -0.2) is 19.5 Å². The summed E-state index contributed by atoms with van der Waals surface area (Å²) in [5, 5.41) is 2.49. The normalized spacial score (nSPS) is 11.3. The molecule has 258 valence electrons. The summed E-state index contributed by atoms with van der Waals surface area (Å²) in [7, 11) is 0. The van der Waals surface area contributed by atoms with Gasteiger partial charge in [-0.2, -0.15) is 0 Å². The average Bonchev–Trinajstić information content (AvgIpc) is 3.61. The molecule has 0 aliphatic heterocycles. The molecule has 10 rings (SSSR count). The van der Waals surface area contributed by atoms with Crippen LogP contribution in [0.4, 0.5) is 0 Å². The van der Waals surface area contributed by atoms with Gasteiger partial charge in [0.05, 0.1) is 11.0 Å². The van der Waals surface area contributed by atoms with Crippen LogP contribution in [0.2, 0.25) is 0 Å². The van der Waals surface area contributed by atoms with E-state index in [0.29, 0.717) is 17.5 Å². The second-order valence-corrected chi connectivity index (χ2v) is 13.7. The van der Waals surface area contributed by atoms with Crippen LogP contribution in [0.15, 0.2) is 206 Å². The molecular weight excluding hydrogens is 669 g/mol. The van der Waals surface area contributed by atoms with E-state index >= 15 is 0 Å². The number of benzene rings is 8. The number of rotatable bonds is 7.